The summed E-state index contributed by atoms with van der Waals surface area (Å²) >= 11 is 0. The van der Waals surface area contributed by atoms with Crippen molar-refractivity contribution in [2.24, 2.45) is 5.41 Å². The van der Waals surface area contributed by atoms with Crippen molar-refractivity contribution in [3.05, 3.63) is 12.2 Å². The second-order valence-corrected chi connectivity index (χ2v) is 4.15. The third-order valence-corrected chi connectivity index (χ3v) is 2.54. The third kappa shape index (κ3) is 1.86. The van der Waals surface area contributed by atoms with Crippen LogP contribution in [0.1, 0.15) is 46.0 Å². The number of hydrogen-bond donors (Lipinski definition) is 0. The van der Waals surface area contributed by atoms with E-state index in [0.29, 0.717) is 5.41 Å². The smallest absolute Gasteiger partial charge is 0.0271 e. The first-order chi connectivity index (χ1) is 4.62. The van der Waals surface area contributed by atoms with E-state index in [1.807, 2.05) is 0 Å². The van der Waals surface area contributed by atoms with E-state index in [0.717, 1.165) is 0 Å². The van der Waals surface area contributed by atoms with Gasteiger partial charge in [-0.05, 0) is 31.6 Å². The molecular formula is C10H18. The lowest BCUT2D eigenvalue weighted by Gasteiger charge is -2.22. The molecule has 0 aromatic carbocycles. The van der Waals surface area contributed by atoms with Crippen molar-refractivity contribution in [1.29, 1.82) is 0 Å². The van der Waals surface area contributed by atoms with Gasteiger partial charge in [-0.3, -0.25) is 0 Å². The Morgan fingerprint density at radius 2 is 1.90 bits per heavy atom. The molecule has 0 bridgehead atoms. The summed E-state index contributed by atoms with van der Waals surface area (Å²) in [4.78, 5) is 0. The maximum absolute atomic E-state index is 3.96. The van der Waals surface area contributed by atoms with Crippen LogP contribution >= 0.6 is 0 Å². The maximum atomic E-state index is 3.96. The summed E-state index contributed by atoms with van der Waals surface area (Å²) in [6, 6.07) is 0. The van der Waals surface area contributed by atoms with Crippen LogP contribution in [0.5, 0.6) is 0 Å². The summed E-state index contributed by atoms with van der Waals surface area (Å²) in [6.45, 7) is 8.50. The van der Waals surface area contributed by atoms with E-state index in [9.17, 15) is 0 Å². The summed E-state index contributed by atoms with van der Waals surface area (Å²) in [5, 5.41) is 0. The van der Waals surface area contributed by atoms with Crippen LogP contribution in [0.15, 0.2) is 12.2 Å². The Labute approximate surface area is 64.3 Å². The van der Waals surface area contributed by atoms with Crippen molar-refractivity contribution >= 4 is 0 Å². The SMILES string of the molecule is C=C(C)CC1(C)CCCC1. The minimum absolute atomic E-state index is 0.617. The van der Waals surface area contributed by atoms with Gasteiger partial charge in [-0.2, -0.15) is 0 Å². The minimum atomic E-state index is 0.617. The molecule has 0 amide bonds. The summed E-state index contributed by atoms with van der Waals surface area (Å²) < 4.78 is 0. The summed E-state index contributed by atoms with van der Waals surface area (Å²) in [5.74, 6) is 0. The van der Waals surface area contributed by atoms with Gasteiger partial charge in [0, 0.05) is 0 Å². The van der Waals surface area contributed by atoms with Gasteiger partial charge < -0.3 is 0 Å². The quantitative estimate of drug-likeness (QED) is 0.512. The molecule has 58 valence electrons. The Morgan fingerprint density at radius 3 is 2.30 bits per heavy atom. The lowest BCUT2D eigenvalue weighted by atomic mass is 9.83. The van der Waals surface area contributed by atoms with Crippen LogP contribution in [0.4, 0.5) is 0 Å². The first kappa shape index (κ1) is 7.84. The molecule has 0 aliphatic heterocycles. The second-order valence-electron chi connectivity index (χ2n) is 4.15. The molecule has 10 heavy (non-hydrogen) atoms. The summed E-state index contributed by atoms with van der Waals surface area (Å²) in [7, 11) is 0. The van der Waals surface area contributed by atoms with E-state index in [4.69, 9.17) is 0 Å². The average Bonchev–Trinajstić information content (AvgIpc) is 2.12. The van der Waals surface area contributed by atoms with Crippen LogP contribution < -0.4 is 0 Å². The van der Waals surface area contributed by atoms with Crippen molar-refractivity contribution in [2.75, 3.05) is 0 Å². The monoisotopic (exact) mass is 138 g/mol. The fourth-order valence-corrected chi connectivity index (χ4v) is 2.13. The van der Waals surface area contributed by atoms with Gasteiger partial charge in [-0.15, -0.1) is 6.58 Å². The molecule has 0 nitrogen and oxygen atoms in total. The highest BCUT2D eigenvalue weighted by Crippen LogP contribution is 2.41. The van der Waals surface area contributed by atoms with Gasteiger partial charge in [0.05, 0.1) is 0 Å². The van der Waals surface area contributed by atoms with Crippen molar-refractivity contribution in [3.8, 4) is 0 Å². The number of allylic oxidation sites excluding steroid dienone is 1. The van der Waals surface area contributed by atoms with Crippen molar-refractivity contribution in [1.82, 2.24) is 0 Å². The van der Waals surface area contributed by atoms with Crippen molar-refractivity contribution in [3.63, 3.8) is 0 Å². The normalized spacial score (nSPS) is 23.0. The molecule has 0 saturated heterocycles. The first-order valence-electron chi connectivity index (χ1n) is 4.27. The number of rotatable bonds is 2. The van der Waals surface area contributed by atoms with Gasteiger partial charge in [-0.1, -0.05) is 25.3 Å². The molecule has 1 saturated carbocycles. The average molecular weight is 138 g/mol. The molecule has 0 spiro atoms. The van der Waals surface area contributed by atoms with Crippen LogP contribution in [0.25, 0.3) is 0 Å². The first-order valence-corrected chi connectivity index (χ1v) is 4.27. The Hall–Kier alpha value is -0.260. The zero-order chi connectivity index (χ0) is 7.61. The highest BCUT2D eigenvalue weighted by Gasteiger charge is 2.27. The van der Waals surface area contributed by atoms with Gasteiger partial charge in [0.25, 0.3) is 0 Å². The van der Waals surface area contributed by atoms with E-state index in [2.05, 4.69) is 20.4 Å². The molecular weight excluding hydrogens is 120 g/mol. The van der Waals surface area contributed by atoms with E-state index in [1.54, 1.807) is 0 Å². The van der Waals surface area contributed by atoms with E-state index < -0.39 is 0 Å². The largest absolute Gasteiger partial charge is 0.100 e. The lowest BCUT2D eigenvalue weighted by Crippen LogP contribution is -2.10. The summed E-state index contributed by atoms with van der Waals surface area (Å²) in [6.07, 6.45) is 6.94. The molecule has 0 aromatic rings. The van der Waals surface area contributed by atoms with Gasteiger partial charge >= 0.3 is 0 Å². The van der Waals surface area contributed by atoms with Crippen LogP contribution in [0.2, 0.25) is 0 Å². The fourth-order valence-electron chi connectivity index (χ4n) is 2.13. The Morgan fingerprint density at radius 1 is 1.40 bits per heavy atom. The molecule has 1 aliphatic rings. The van der Waals surface area contributed by atoms with Crippen LogP contribution in [0, 0.1) is 5.41 Å². The summed E-state index contributed by atoms with van der Waals surface area (Å²) in [5.41, 5.74) is 1.97. The predicted octanol–water partition coefficient (Wildman–Crippen LogP) is 3.53. The zero-order valence-electron chi connectivity index (χ0n) is 7.24. The van der Waals surface area contributed by atoms with Crippen molar-refractivity contribution in [2.45, 2.75) is 46.0 Å². The van der Waals surface area contributed by atoms with Gasteiger partial charge in [-0.25, -0.2) is 0 Å². The van der Waals surface area contributed by atoms with E-state index in [1.165, 1.54) is 37.7 Å². The van der Waals surface area contributed by atoms with Crippen LogP contribution in [-0.2, 0) is 0 Å². The molecule has 0 radical (unpaired) electrons. The molecule has 1 rings (SSSR count). The third-order valence-electron chi connectivity index (χ3n) is 2.54. The lowest BCUT2D eigenvalue weighted by molar-refractivity contribution is 0.334. The van der Waals surface area contributed by atoms with Gasteiger partial charge in [0.2, 0.25) is 0 Å². The maximum Gasteiger partial charge on any atom is -0.0271 e. The van der Waals surface area contributed by atoms with Crippen LogP contribution in [-0.4, -0.2) is 0 Å². The highest BCUT2D eigenvalue weighted by atomic mass is 14.3. The Bertz CT molecular complexity index is 127. The fraction of sp³-hybridized carbons (Fsp3) is 0.800. The van der Waals surface area contributed by atoms with E-state index >= 15 is 0 Å². The molecule has 0 atom stereocenters. The van der Waals surface area contributed by atoms with Crippen LogP contribution in [0.3, 0.4) is 0 Å². The molecule has 1 aliphatic carbocycles. The zero-order valence-corrected chi connectivity index (χ0v) is 7.24. The topological polar surface area (TPSA) is 0 Å². The standard InChI is InChI=1S/C10H18/c1-9(2)8-10(3)6-4-5-7-10/h1,4-8H2,2-3H3. The van der Waals surface area contributed by atoms with E-state index in [-0.39, 0.29) is 0 Å². The predicted molar refractivity (Wildman–Crippen MR) is 46.0 cm³/mol. The Kier molecular flexibility index (Phi) is 2.18. The second kappa shape index (κ2) is 2.77. The molecule has 1 fully saturated rings. The molecule has 0 N–H and O–H groups in total. The molecule has 0 heterocycles. The van der Waals surface area contributed by atoms with Crippen molar-refractivity contribution < 1.29 is 0 Å². The minimum Gasteiger partial charge on any atom is -0.100 e. The molecule has 0 heteroatoms. The van der Waals surface area contributed by atoms with Gasteiger partial charge in [0.1, 0.15) is 0 Å². The molecule has 0 aromatic heterocycles. The highest BCUT2D eigenvalue weighted by molar-refractivity contribution is 4.96. The molecule has 0 unspecified atom stereocenters. The van der Waals surface area contributed by atoms with Gasteiger partial charge in [0.15, 0.2) is 0 Å². The Balaban J connectivity index is 2.43. The number of hydrogen-bond acceptors (Lipinski definition) is 0.